The summed E-state index contributed by atoms with van der Waals surface area (Å²) in [6.45, 7) is 7.64. The van der Waals surface area contributed by atoms with Gasteiger partial charge in [0, 0.05) is 46.9 Å². The van der Waals surface area contributed by atoms with Crippen LogP contribution in [-0.4, -0.2) is 68.1 Å². The summed E-state index contributed by atoms with van der Waals surface area (Å²) in [5.74, 6) is -3.75. The van der Waals surface area contributed by atoms with E-state index in [1.165, 1.54) is 24.8 Å². The maximum absolute atomic E-state index is 13.7. The second-order valence-electron chi connectivity index (χ2n) is 7.66. The molecule has 39 heavy (non-hydrogen) atoms. The molecule has 0 saturated carbocycles. The number of ether oxygens (including phenoxy) is 4. The van der Waals surface area contributed by atoms with Crippen LogP contribution in [-0.2, 0) is 49.5 Å². The number of amides is 2. The zero-order valence-corrected chi connectivity index (χ0v) is 28.0. The van der Waals surface area contributed by atoms with Crippen LogP contribution >= 0.6 is 67.8 Å². The lowest BCUT2D eigenvalue weighted by Crippen LogP contribution is -2.45. The number of anilines is 1. The highest BCUT2D eigenvalue weighted by molar-refractivity contribution is 14.1. The molecule has 15 heteroatoms. The summed E-state index contributed by atoms with van der Waals surface area (Å²) in [6, 6.07) is 0. The molecule has 1 aromatic rings. The number of halogens is 3. The van der Waals surface area contributed by atoms with Crippen LogP contribution in [0.3, 0.4) is 0 Å². The molecule has 0 aliphatic carbocycles. The van der Waals surface area contributed by atoms with E-state index in [0.29, 0.717) is 16.3 Å². The van der Waals surface area contributed by atoms with Gasteiger partial charge < -0.3 is 29.2 Å². The fraction of sp³-hybridized carbons (Fsp3) is 0.417. The minimum Gasteiger partial charge on any atom is -0.464 e. The van der Waals surface area contributed by atoms with Crippen LogP contribution in [0.1, 0.15) is 43.6 Å². The summed E-state index contributed by atoms with van der Waals surface area (Å²) in [4.78, 5) is 73.9. The fourth-order valence-electron chi connectivity index (χ4n) is 3.03. The normalized spacial score (nSPS) is 11.1. The van der Waals surface area contributed by atoms with E-state index in [1.807, 2.05) is 67.8 Å². The maximum atomic E-state index is 13.7. The Bertz CT molecular complexity index is 1160. The number of hydrogen-bond acceptors (Lipinski definition) is 10. The molecule has 2 amide bonds. The van der Waals surface area contributed by atoms with Crippen LogP contribution in [0.2, 0.25) is 0 Å². The van der Waals surface area contributed by atoms with Gasteiger partial charge in [-0.15, -0.1) is 6.58 Å². The maximum Gasteiger partial charge on any atom is 0.303 e. The van der Waals surface area contributed by atoms with Gasteiger partial charge in [-0.1, -0.05) is 6.08 Å². The van der Waals surface area contributed by atoms with E-state index >= 15 is 0 Å². The quantitative estimate of drug-likeness (QED) is 0.103. The van der Waals surface area contributed by atoms with E-state index < -0.39 is 48.4 Å². The second kappa shape index (κ2) is 16.9. The Morgan fingerprint density at radius 1 is 0.872 bits per heavy atom. The Morgan fingerprint density at radius 2 is 1.46 bits per heavy atom. The van der Waals surface area contributed by atoms with Crippen molar-refractivity contribution in [2.45, 2.75) is 40.4 Å². The van der Waals surface area contributed by atoms with Gasteiger partial charge in [0.25, 0.3) is 11.8 Å². The van der Waals surface area contributed by atoms with Crippen molar-refractivity contribution in [3.05, 3.63) is 34.5 Å². The van der Waals surface area contributed by atoms with Crippen LogP contribution in [0.25, 0.3) is 0 Å². The number of nitrogens with zero attached hydrogens (tertiary/aromatic N) is 1. The molecule has 0 radical (unpaired) electrons. The zero-order chi connectivity index (χ0) is 29.9. The number of hydrogen-bond donors (Lipinski definition) is 1. The second-order valence-corrected chi connectivity index (χ2v) is 10.9. The summed E-state index contributed by atoms with van der Waals surface area (Å²) in [5, 5.41) is 2.67. The number of rotatable bonds is 13. The van der Waals surface area contributed by atoms with Crippen molar-refractivity contribution in [3.63, 3.8) is 0 Å². The molecule has 0 saturated heterocycles. The van der Waals surface area contributed by atoms with Crippen molar-refractivity contribution in [1.82, 2.24) is 5.32 Å². The van der Waals surface area contributed by atoms with Crippen LogP contribution in [0.5, 0.6) is 0 Å². The zero-order valence-electron chi connectivity index (χ0n) is 21.6. The summed E-state index contributed by atoms with van der Waals surface area (Å²) in [7, 11) is 0. The number of benzene rings is 1. The van der Waals surface area contributed by atoms with Gasteiger partial charge in [-0.3, -0.25) is 28.8 Å². The summed E-state index contributed by atoms with van der Waals surface area (Å²) in [5.41, 5.74) is 0.911. The third kappa shape index (κ3) is 10.8. The lowest BCUT2D eigenvalue weighted by atomic mass is 10.1. The number of carbonyl (C=O) groups is 6. The molecule has 0 fully saturated rings. The lowest BCUT2D eigenvalue weighted by Gasteiger charge is -2.30. The molecule has 12 nitrogen and oxygen atoms in total. The van der Waals surface area contributed by atoms with Crippen molar-refractivity contribution >= 4 is 109 Å². The Hall–Kier alpha value is -2.03. The number of esters is 4. The molecule has 1 N–H and O–H groups in total. The first-order valence-corrected chi connectivity index (χ1v) is 14.4. The molecule has 1 unspecified atom stereocenters. The Balaban J connectivity index is 3.74. The standard InChI is InChI=1S/C24H27I3N2O10/c1-6-8-29(24(35)17(39-15(5)33)11-38-14(4)32)22-20(26)16(10-37-13(3)31)19(25)18(21(22)27)23(34)28-7-9-36-12(2)30/h6,17H,1,7-11H2,2-5H3,(H,28,34). The summed E-state index contributed by atoms with van der Waals surface area (Å²) in [6.07, 6.45) is -0.0429. The van der Waals surface area contributed by atoms with E-state index in [1.54, 1.807) is 0 Å². The Kier molecular flexibility index (Phi) is 15.2. The molecule has 0 aliphatic rings. The van der Waals surface area contributed by atoms with Crippen LogP contribution in [0.15, 0.2) is 12.7 Å². The molecule has 0 aromatic heterocycles. The summed E-state index contributed by atoms with van der Waals surface area (Å²) < 4.78 is 21.5. The molecular weight excluding hydrogens is 857 g/mol. The third-order valence-corrected chi connectivity index (χ3v) is 8.00. The van der Waals surface area contributed by atoms with Crippen molar-refractivity contribution in [1.29, 1.82) is 0 Å². The molecule has 0 spiro atoms. The van der Waals surface area contributed by atoms with Crippen molar-refractivity contribution in [3.8, 4) is 0 Å². The molecule has 1 rings (SSSR count). The van der Waals surface area contributed by atoms with Crippen LogP contribution in [0, 0.1) is 10.7 Å². The van der Waals surface area contributed by atoms with Crippen LogP contribution < -0.4 is 10.2 Å². The predicted octanol–water partition coefficient (Wildman–Crippen LogP) is 2.87. The van der Waals surface area contributed by atoms with Gasteiger partial charge in [0.15, 0.2) is 0 Å². The first-order chi connectivity index (χ1) is 18.2. The van der Waals surface area contributed by atoms with E-state index in [0.717, 1.165) is 13.8 Å². The smallest absolute Gasteiger partial charge is 0.303 e. The first kappa shape index (κ1) is 35.0. The average molecular weight is 884 g/mol. The first-order valence-electron chi connectivity index (χ1n) is 11.2. The molecule has 1 aromatic carbocycles. The molecule has 1 atom stereocenters. The third-order valence-electron chi connectivity index (χ3n) is 4.59. The van der Waals surface area contributed by atoms with Crippen molar-refractivity contribution < 1.29 is 47.7 Å². The van der Waals surface area contributed by atoms with Gasteiger partial charge in [-0.2, -0.15) is 0 Å². The topological polar surface area (TPSA) is 155 Å². The van der Waals surface area contributed by atoms with Gasteiger partial charge in [-0.05, 0) is 67.8 Å². The van der Waals surface area contributed by atoms with Crippen molar-refractivity contribution in [2.24, 2.45) is 0 Å². The Labute approximate surface area is 266 Å². The van der Waals surface area contributed by atoms with Gasteiger partial charge >= 0.3 is 23.9 Å². The Morgan fingerprint density at radius 3 is 1.97 bits per heavy atom. The fourth-order valence-corrected chi connectivity index (χ4v) is 7.58. The van der Waals surface area contributed by atoms with Gasteiger partial charge in [-0.25, -0.2) is 0 Å². The average Bonchev–Trinajstić information content (AvgIpc) is 2.82. The molecule has 0 bridgehead atoms. The van der Waals surface area contributed by atoms with E-state index in [-0.39, 0.29) is 37.6 Å². The lowest BCUT2D eigenvalue weighted by molar-refractivity contribution is -0.161. The minimum atomic E-state index is -1.48. The van der Waals surface area contributed by atoms with Gasteiger partial charge in [0.1, 0.15) is 19.8 Å². The van der Waals surface area contributed by atoms with Crippen molar-refractivity contribution in [2.75, 3.05) is 31.2 Å². The number of nitrogens with one attached hydrogen (secondary N) is 1. The summed E-state index contributed by atoms with van der Waals surface area (Å²) >= 11 is 5.86. The van der Waals surface area contributed by atoms with Gasteiger partial charge in [0.2, 0.25) is 6.10 Å². The van der Waals surface area contributed by atoms with E-state index in [9.17, 15) is 28.8 Å². The molecular formula is C24H27I3N2O10. The predicted molar refractivity (Wildman–Crippen MR) is 164 cm³/mol. The van der Waals surface area contributed by atoms with Gasteiger partial charge in [0.05, 0.1) is 21.4 Å². The monoisotopic (exact) mass is 884 g/mol. The molecule has 0 aliphatic heterocycles. The largest absolute Gasteiger partial charge is 0.464 e. The van der Waals surface area contributed by atoms with E-state index in [4.69, 9.17) is 18.9 Å². The van der Waals surface area contributed by atoms with E-state index in [2.05, 4.69) is 11.9 Å². The minimum absolute atomic E-state index is 0.0252. The highest BCUT2D eigenvalue weighted by atomic mass is 127. The SMILES string of the molecule is C=CCN(C(=O)C(COC(C)=O)OC(C)=O)c1c(I)c(COC(C)=O)c(I)c(C(=O)NCCOC(C)=O)c1I. The highest BCUT2D eigenvalue weighted by Crippen LogP contribution is 2.38. The molecule has 0 heterocycles. The molecule has 214 valence electrons. The van der Waals surface area contributed by atoms with Crippen LogP contribution in [0.4, 0.5) is 5.69 Å². The highest BCUT2D eigenvalue weighted by Gasteiger charge is 2.34. The number of carbonyl (C=O) groups excluding carboxylic acids is 6.